The van der Waals surface area contributed by atoms with E-state index in [1.165, 1.54) is 82.6 Å². The predicted molar refractivity (Wildman–Crippen MR) is 184 cm³/mol. The van der Waals surface area contributed by atoms with Crippen molar-refractivity contribution < 1.29 is 4.74 Å². The molecule has 3 heteroatoms. The van der Waals surface area contributed by atoms with Gasteiger partial charge in [-0.2, -0.15) is 0 Å². The van der Waals surface area contributed by atoms with Gasteiger partial charge in [0.1, 0.15) is 0 Å². The van der Waals surface area contributed by atoms with Gasteiger partial charge in [-0.05, 0) is 0 Å². The van der Waals surface area contributed by atoms with E-state index < -0.39 is 36.8 Å². The number of rotatable bonds is 25. The summed E-state index contributed by atoms with van der Waals surface area (Å²) < 4.78 is 21.2. The summed E-state index contributed by atoms with van der Waals surface area (Å²) in [4.78, 5) is 0. The first-order valence-electron chi connectivity index (χ1n) is 17.1. The SMILES string of the molecule is CCC[CH2][Sn](/[CH]=[C](/COC/C=C/c1ccccc1)[Sn]([CH2]CCC)([CH2]CCC)[CH2]CCC)([CH2]CCC)[CH2]CCC. The number of hydrogen-bond donors (Lipinski definition) is 0. The Hall–Kier alpha value is 0.257. The molecule has 0 aliphatic rings. The van der Waals surface area contributed by atoms with Crippen LogP contribution in [0, 0.1) is 0 Å². The predicted octanol–water partition coefficient (Wildman–Crippen LogP) is 12.4. The van der Waals surface area contributed by atoms with E-state index in [9.17, 15) is 0 Å². The average Bonchev–Trinajstić information content (AvgIpc) is 2.97. The summed E-state index contributed by atoms with van der Waals surface area (Å²) in [6.45, 7) is 16.2. The molecule has 1 rings (SSSR count). The molecule has 224 valence electrons. The van der Waals surface area contributed by atoms with Gasteiger partial charge in [-0.25, -0.2) is 0 Å². The Morgan fingerprint density at radius 2 is 1.05 bits per heavy atom. The van der Waals surface area contributed by atoms with Gasteiger partial charge in [0.25, 0.3) is 0 Å². The molecule has 0 N–H and O–H groups in total. The van der Waals surface area contributed by atoms with Crippen molar-refractivity contribution in [2.24, 2.45) is 0 Å². The Morgan fingerprint density at radius 3 is 1.49 bits per heavy atom. The van der Waals surface area contributed by atoms with Crippen LogP contribution in [0.1, 0.15) is 124 Å². The molecule has 0 radical (unpaired) electrons. The molecule has 0 unspecified atom stereocenters. The van der Waals surface area contributed by atoms with E-state index in [4.69, 9.17) is 4.74 Å². The fourth-order valence-electron chi connectivity index (χ4n) is 6.28. The van der Waals surface area contributed by atoms with Gasteiger partial charge in [0.2, 0.25) is 0 Å². The van der Waals surface area contributed by atoms with Gasteiger partial charge in [0.05, 0.1) is 0 Å². The van der Waals surface area contributed by atoms with Gasteiger partial charge < -0.3 is 0 Å². The van der Waals surface area contributed by atoms with E-state index in [0.717, 1.165) is 13.2 Å². The van der Waals surface area contributed by atoms with E-state index >= 15 is 0 Å². The number of ether oxygens (including phenoxy) is 1. The molecule has 0 bridgehead atoms. The summed E-state index contributed by atoms with van der Waals surface area (Å²) in [5.41, 5.74) is 1.27. The first-order chi connectivity index (χ1) is 19.0. The maximum atomic E-state index is 6.65. The first kappa shape index (κ1) is 37.3. The summed E-state index contributed by atoms with van der Waals surface area (Å²) in [6, 6.07) is 10.7. The monoisotopic (exact) mass is 754 g/mol. The van der Waals surface area contributed by atoms with Gasteiger partial charge in [-0.15, -0.1) is 0 Å². The summed E-state index contributed by atoms with van der Waals surface area (Å²) >= 11 is -4.99. The Bertz CT molecular complexity index is 711. The van der Waals surface area contributed by atoms with Crippen LogP contribution in [-0.2, 0) is 4.74 Å². The van der Waals surface area contributed by atoms with Crippen molar-refractivity contribution in [3.05, 3.63) is 49.7 Å². The molecule has 1 aromatic rings. The second-order valence-electron chi connectivity index (χ2n) is 12.3. The molecule has 0 aromatic heterocycles. The van der Waals surface area contributed by atoms with Crippen molar-refractivity contribution in [3.8, 4) is 0 Å². The van der Waals surface area contributed by atoms with Crippen LogP contribution >= 0.6 is 0 Å². The molecule has 39 heavy (non-hydrogen) atoms. The number of hydrogen-bond acceptors (Lipinski definition) is 1. The van der Waals surface area contributed by atoms with Crippen LogP contribution in [0.2, 0.25) is 26.6 Å². The van der Waals surface area contributed by atoms with E-state index in [1.54, 1.807) is 26.6 Å². The third kappa shape index (κ3) is 15.3. The van der Waals surface area contributed by atoms with Crippen LogP contribution in [0.4, 0.5) is 0 Å². The summed E-state index contributed by atoms with van der Waals surface area (Å²) in [5, 5.41) is 0. The molecule has 0 atom stereocenters. The Kier molecular flexibility index (Phi) is 22.7. The molecule has 0 amide bonds. The minimum atomic E-state index is -2.56. The van der Waals surface area contributed by atoms with Crippen LogP contribution in [-0.4, -0.2) is 50.0 Å². The number of benzene rings is 1. The Labute approximate surface area is 253 Å². The van der Waals surface area contributed by atoms with Crippen LogP contribution in [0.5, 0.6) is 0 Å². The van der Waals surface area contributed by atoms with Gasteiger partial charge >= 0.3 is 256 Å². The van der Waals surface area contributed by atoms with Crippen molar-refractivity contribution in [1.82, 2.24) is 0 Å². The van der Waals surface area contributed by atoms with Crippen molar-refractivity contribution >= 4 is 42.8 Å². The third-order valence-electron chi connectivity index (χ3n) is 8.85. The van der Waals surface area contributed by atoms with E-state index in [1.807, 2.05) is 3.59 Å². The summed E-state index contributed by atoms with van der Waals surface area (Å²) in [6.07, 6.45) is 21.3. The molecule has 0 aliphatic carbocycles. The van der Waals surface area contributed by atoms with Crippen LogP contribution in [0.25, 0.3) is 6.08 Å². The Morgan fingerprint density at radius 1 is 0.615 bits per heavy atom. The van der Waals surface area contributed by atoms with Crippen molar-refractivity contribution in [2.75, 3.05) is 13.2 Å². The molecule has 0 saturated carbocycles. The molecule has 0 fully saturated rings. The van der Waals surface area contributed by atoms with Crippen LogP contribution < -0.4 is 0 Å². The first-order valence-corrected chi connectivity index (χ1v) is 32.2. The molecular weight excluding hydrogens is 686 g/mol. The zero-order valence-electron chi connectivity index (χ0n) is 27.2. The van der Waals surface area contributed by atoms with Crippen LogP contribution in [0.3, 0.4) is 0 Å². The van der Waals surface area contributed by atoms with E-state index in [2.05, 4.69) is 88.1 Å². The fraction of sp³-hybridized carbons (Fsp3) is 0.722. The molecular formula is C36H66OSn2. The van der Waals surface area contributed by atoms with Crippen molar-refractivity contribution in [2.45, 2.75) is 145 Å². The van der Waals surface area contributed by atoms with Gasteiger partial charge in [-0.1, -0.05) is 0 Å². The fourth-order valence-corrected chi connectivity index (χ4v) is 48.5. The molecule has 0 spiro atoms. The summed E-state index contributed by atoms with van der Waals surface area (Å²) in [5.74, 6) is 0. The minimum absolute atomic E-state index is 0.741. The second-order valence-corrected chi connectivity index (χ2v) is 38.6. The third-order valence-corrected chi connectivity index (χ3v) is 41.4. The van der Waals surface area contributed by atoms with Gasteiger partial charge in [-0.3, -0.25) is 0 Å². The second kappa shape index (κ2) is 23.8. The zero-order valence-corrected chi connectivity index (χ0v) is 32.9. The van der Waals surface area contributed by atoms with Crippen molar-refractivity contribution in [1.29, 1.82) is 0 Å². The van der Waals surface area contributed by atoms with Crippen LogP contribution in [0.15, 0.2) is 44.1 Å². The molecule has 0 saturated heterocycles. The van der Waals surface area contributed by atoms with Crippen molar-refractivity contribution in [3.63, 3.8) is 0 Å². The average molecular weight is 752 g/mol. The molecule has 1 nitrogen and oxygen atoms in total. The Balaban J connectivity index is 3.49. The van der Waals surface area contributed by atoms with E-state index in [-0.39, 0.29) is 0 Å². The molecule has 1 aromatic carbocycles. The van der Waals surface area contributed by atoms with E-state index in [0.29, 0.717) is 0 Å². The quantitative estimate of drug-likeness (QED) is 0.0714. The topological polar surface area (TPSA) is 9.23 Å². The number of unbranched alkanes of at least 4 members (excludes halogenated alkanes) is 6. The van der Waals surface area contributed by atoms with Gasteiger partial charge in [0, 0.05) is 0 Å². The maximum absolute atomic E-state index is 6.65. The van der Waals surface area contributed by atoms with Gasteiger partial charge in [0.15, 0.2) is 0 Å². The summed E-state index contributed by atoms with van der Waals surface area (Å²) in [7, 11) is 0. The molecule has 0 aliphatic heterocycles. The normalized spacial score (nSPS) is 13.0. The standard InChI is InChI=1S/C12H12O.6C4H9.2Sn/c1-2-10-13-11-6-9-12-7-4-3-5-8-12;6*1-3-4-2;;/h1,3-9H,10-11H2;6*1,3-4H2,2H3;;/b2-1?,9-6+;;;;;;;;. The zero-order chi connectivity index (χ0) is 28.7. The molecule has 0 heterocycles.